The summed E-state index contributed by atoms with van der Waals surface area (Å²) in [6, 6.07) is 6.65. The van der Waals surface area contributed by atoms with Gasteiger partial charge in [-0.2, -0.15) is 5.10 Å². The van der Waals surface area contributed by atoms with Gasteiger partial charge in [-0.15, -0.1) is 0 Å². The van der Waals surface area contributed by atoms with Gasteiger partial charge in [0.25, 0.3) is 0 Å². The summed E-state index contributed by atoms with van der Waals surface area (Å²) < 4.78 is 8.83. The second-order valence-corrected chi connectivity index (χ2v) is 6.09. The minimum atomic E-state index is 0.339. The second-order valence-electron chi connectivity index (χ2n) is 5.29. The minimum absolute atomic E-state index is 0.339. The Kier molecular flexibility index (Phi) is 5.06. The van der Waals surface area contributed by atoms with E-state index in [0.717, 1.165) is 27.2 Å². The summed E-state index contributed by atoms with van der Waals surface area (Å²) in [5.74, 6) is 0.910. The van der Waals surface area contributed by atoms with Crippen molar-refractivity contribution in [2.45, 2.75) is 33.4 Å². The Morgan fingerprint density at radius 1 is 1.38 bits per heavy atom. The van der Waals surface area contributed by atoms with Crippen LogP contribution in [0.25, 0.3) is 0 Å². The molecule has 0 radical (unpaired) electrons. The maximum Gasteiger partial charge on any atom is 0.131 e. The predicted molar refractivity (Wildman–Crippen MR) is 88.6 cm³/mol. The first-order chi connectivity index (χ1) is 9.93. The third-order valence-corrected chi connectivity index (χ3v) is 4.79. The molecule has 0 saturated heterocycles. The maximum absolute atomic E-state index is 5.95. The number of hydrogen-bond acceptors (Lipinski definition) is 3. The van der Waals surface area contributed by atoms with Crippen LogP contribution in [0.2, 0.25) is 0 Å². The molecular formula is C16H22BrN3O. The summed E-state index contributed by atoms with van der Waals surface area (Å²) in [5, 5.41) is 7.62. The maximum atomic E-state index is 5.95. The van der Waals surface area contributed by atoms with E-state index >= 15 is 0 Å². The van der Waals surface area contributed by atoms with Crippen LogP contribution in [-0.4, -0.2) is 16.8 Å². The van der Waals surface area contributed by atoms with E-state index in [-0.39, 0.29) is 0 Å². The third-order valence-electron chi connectivity index (χ3n) is 3.76. The van der Waals surface area contributed by atoms with E-state index in [1.165, 1.54) is 5.56 Å². The minimum Gasteiger partial charge on any atom is -0.487 e. The highest BCUT2D eigenvalue weighted by molar-refractivity contribution is 9.10. The Balaban J connectivity index is 2.13. The summed E-state index contributed by atoms with van der Waals surface area (Å²) in [6.07, 6.45) is 0. The Morgan fingerprint density at radius 3 is 2.62 bits per heavy atom. The molecule has 1 unspecified atom stereocenters. The zero-order chi connectivity index (χ0) is 15.6. The molecule has 0 aliphatic heterocycles. The van der Waals surface area contributed by atoms with Crippen LogP contribution in [0, 0.1) is 13.8 Å². The van der Waals surface area contributed by atoms with Crippen LogP contribution in [-0.2, 0) is 13.7 Å². The molecule has 1 atom stereocenters. The molecule has 5 heteroatoms. The van der Waals surface area contributed by atoms with E-state index in [0.29, 0.717) is 12.6 Å². The topological polar surface area (TPSA) is 39.1 Å². The fourth-order valence-corrected chi connectivity index (χ4v) is 2.70. The van der Waals surface area contributed by atoms with Gasteiger partial charge in [-0.3, -0.25) is 4.68 Å². The molecule has 21 heavy (non-hydrogen) atoms. The molecular weight excluding hydrogens is 330 g/mol. The lowest BCUT2D eigenvalue weighted by atomic mass is 10.1. The largest absolute Gasteiger partial charge is 0.487 e. The van der Waals surface area contributed by atoms with E-state index < -0.39 is 0 Å². The Labute approximate surface area is 134 Å². The molecule has 0 aliphatic rings. The summed E-state index contributed by atoms with van der Waals surface area (Å²) >= 11 is 3.56. The van der Waals surface area contributed by atoms with Crippen molar-refractivity contribution in [3.05, 3.63) is 45.2 Å². The van der Waals surface area contributed by atoms with Gasteiger partial charge < -0.3 is 10.1 Å². The van der Waals surface area contributed by atoms with Gasteiger partial charge in [0.1, 0.15) is 12.4 Å². The fourth-order valence-electron chi connectivity index (χ4n) is 2.25. The smallest absolute Gasteiger partial charge is 0.131 e. The molecule has 0 spiro atoms. The first-order valence-electron chi connectivity index (χ1n) is 7.02. The number of benzene rings is 1. The Morgan fingerprint density at radius 2 is 2.10 bits per heavy atom. The van der Waals surface area contributed by atoms with Gasteiger partial charge >= 0.3 is 0 Å². The monoisotopic (exact) mass is 351 g/mol. The van der Waals surface area contributed by atoms with Crippen molar-refractivity contribution in [2.75, 3.05) is 7.05 Å². The van der Waals surface area contributed by atoms with Gasteiger partial charge in [0.15, 0.2) is 0 Å². The molecule has 2 rings (SSSR count). The number of nitrogens with zero attached hydrogens (tertiary/aromatic N) is 2. The number of halogens is 1. The van der Waals surface area contributed by atoms with E-state index in [2.05, 4.69) is 52.3 Å². The van der Waals surface area contributed by atoms with Crippen molar-refractivity contribution in [3.63, 3.8) is 0 Å². The van der Waals surface area contributed by atoms with Gasteiger partial charge in [-0.25, -0.2) is 0 Å². The second kappa shape index (κ2) is 6.62. The van der Waals surface area contributed by atoms with E-state index in [9.17, 15) is 0 Å². The van der Waals surface area contributed by atoms with Crippen molar-refractivity contribution in [1.29, 1.82) is 0 Å². The summed E-state index contributed by atoms with van der Waals surface area (Å²) in [6.45, 7) is 6.70. The summed E-state index contributed by atoms with van der Waals surface area (Å²) in [7, 11) is 3.90. The summed E-state index contributed by atoms with van der Waals surface area (Å²) in [4.78, 5) is 0. The molecule has 1 aromatic carbocycles. The molecule has 0 fully saturated rings. The van der Waals surface area contributed by atoms with Crippen LogP contribution in [0.4, 0.5) is 0 Å². The van der Waals surface area contributed by atoms with Gasteiger partial charge in [-0.1, -0.05) is 12.1 Å². The number of aromatic nitrogens is 2. The van der Waals surface area contributed by atoms with Crippen LogP contribution in [0.1, 0.15) is 35.5 Å². The quantitative estimate of drug-likeness (QED) is 0.893. The first kappa shape index (κ1) is 16.0. The molecule has 1 aromatic heterocycles. The van der Waals surface area contributed by atoms with Gasteiger partial charge in [0.05, 0.1) is 15.9 Å². The highest BCUT2D eigenvalue weighted by Crippen LogP contribution is 2.25. The van der Waals surface area contributed by atoms with Crippen LogP contribution >= 0.6 is 15.9 Å². The standard InChI is InChI=1S/C16H22BrN3O/c1-10-8-13(11(2)18-4)6-7-15(10)21-9-14-16(17)12(3)19-20(14)5/h6-8,11,18H,9H2,1-5H3. The first-order valence-corrected chi connectivity index (χ1v) is 7.82. The van der Waals surface area contributed by atoms with E-state index in [1.807, 2.05) is 31.8 Å². The average Bonchev–Trinajstić information content (AvgIpc) is 2.70. The normalized spacial score (nSPS) is 12.5. The van der Waals surface area contributed by atoms with Crippen molar-refractivity contribution in [1.82, 2.24) is 15.1 Å². The van der Waals surface area contributed by atoms with Gasteiger partial charge in [0.2, 0.25) is 0 Å². The lowest BCUT2D eigenvalue weighted by Gasteiger charge is -2.14. The molecule has 1 N–H and O–H groups in total. The molecule has 4 nitrogen and oxygen atoms in total. The SMILES string of the molecule is CNC(C)c1ccc(OCc2c(Br)c(C)nn2C)c(C)c1. The zero-order valence-electron chi connectivity index (χ0n) is 13.2. The van der Waals surface area contributed by atoms with E-state index in [1.54, 1.807) is 0 Å². The van der Waals surface area contributed by atoms with Crippen molar-refractivity contribution < 1.29 is 4.74 Å². The van der Waals surface area contributed by atoms with Crippen molar-refractivity contribution in [3.8, 4) is 5.75 Å². The van der Waals surface area contributed by atoms with Crippen LogP contribution < -0.4 is 10.1 Å². The lowest BCUT2D eigenvalue weighted by Crippen LogP contribution is -2.12. The molecule has 114 valence electrons. The van der Waals surface area contributed by atoms with Crippen molar-refractivity contribution in [2.24, 2.45) is 7.05 Å². The number of rotatable bonds is 5. The molecule has 2 aromatic rings. The molecule has 0 amide bonds. The van der Waals surface area contributed by atoms with Gasteiger partial charge in [-0.05, 0) is 60.9 Å². The number of ether oxygens (including phenoxy) is 1. The zero-order valence-corrected chi connectivity index (χ0v) is 14.8. The molecule has 0 aliphatic carbocycles. The Bertz CT molecular complexity index is 637. The lowest BCUT2D eigenvalue weighted by molar-refractivity contribution is 0.292. The molecule has 0 saturated carbocycles. The third kappa shape index (κ3) is 3.47. The summed E-state index contributed by atoms with van der Waals surface area (Å²) in [5.41, 5.74) is 4.43. The van der Waals surface area contributed by atoms with Crippen LogP contribution in [0.5, 0.6) is 5.75 Å². The fraction of sp³-hybridized carbons (Fsp3) is 0.438. The molecule has 0 bridgehead atoms. The van der Waals surface area contributed by atoms with Crippen molar-refractivity contribution >= 4 is 15.9 Å². The van der Waals surface area contributed by atoms with Crippen LogP contribution in [0.3, 0.4) is 0 Å². The highest BCUT2D eigenvalue weighted by atomic mass is 79.9. The number of aryl methyl sites for hydroxylation is 3. The highest BCUT2D eigenvalue weighted by Gasteiger charge is 2.12. The van der Waals surface area contributed by atoms with Gasteiger partial charge in [0, 0.05) is 13.1 Å². The Hall–Kier alpha value is -1.33. The predicted octanol–water partition coefficient (Wildman–Crippen LogP) is 3.66. The van der Waals surface area contributed by atoms with Crippen LogP contribution in [0.15, 0.2) is 22.7 Å². The number of hydrogen-bond donors (Lipinski definition) is 1. The number of nitrogens with one attached hydrogen (secondary N) is 1. The van der Waals surface area contributed by atoms with E-state index in [4.69, 9.17) is 4.74 Å². The average molecular weight is 352 g/mol. The molecule has 1 heterocycles.